The molecule has 1 aromatic heterocycles. The molecule has 0 saturated heterocycles. The zero-order valence-corrected chi connectivity index (χ0v) is 11.1. The fourth-order valence-electron chi connectivity index (χ4n) is 2.12. The molecular weight excluding hydrogens is 228 g/mol. The number of thioether (sulfide) groups is 1. The summed E-state index contributed by atoms with van der Waals surface area (Å²) in [6.07, 6.45) is 5.14. The summed E-state index contributed by atoms with van der Waals surface area (Å²) >= 11 is 1.89. The summed E-state index contributed by atoms with van der Waals surface area (Å²) in [5.41, 5.74) is 2.43. The number of rotatable bonds is 5. The molecule has 0 aliphatic carbocycles. The average Bonchev–Trinajstić information content (AvgIpc) is 2.40. The number of fused-ring (bicyclic) bond motifs is 1. The van der Waals surface area contributed by atoms with Crippen molar-refractivity contribution in [2.24, 2.45) is 0 Å². The second kappa shape index (κ2) is 6.03. The van der Waals surface area contributed by atoms with Crippen LogP contribution in [-0.2, 0) is 0 Å². The van der Waals surface area contributed by atoms with Crippen LogP contribution in [-0.4, -0.2) is 24.0 Å². The maximum Gasteiger partial charge on any atom is 0.0705 e. The zero-order valence-electron chi connectivity index (χ0n) is 10.3. The molecule has 1 N–H and O–H groups in total. The van der Waals surface area contributed by atoms with E-state index >= 15 is 0 Å². The molecule has 1 unspecified atom stereocenters. The first-order chi connectivity index (χ1) is 8.36. The van der Waals surface area contributed by atoms with Gasteiger partial charge in [-0.3, -0.25) is 4.98 Å². The van der Waals surface area contributed by atoms with Crippen LogP contribution in [0.2, 0.25) is 0 Å². The molecule has 2 rings (SSSR count). The Hall–Kier alpha value is -1.06. The fraction of sp³-hybridized carbons (Fsp3) is 0.357. The SMILES string of the molecule is CNC(CCSC)c1cccc2ncccc12. The van der Waals surface area contributed by atoms with Crippen LogP contribution in [0.25, 0.3) is 10.9 Å². The molecule has 0 fully saturated rings. The van der Waals surface area contributed by atoms with E-state index in [2.05, 4.69) is 40.8 Å². The highest BCUT2D eigenvalue weighted by Gasteiger charge is 2.11. The summed E-state index contributed by atoms with van der Waals surface area (Å²) in [5, 5.41) is 4.66. The summed E-state index contributed by atoms with van der Waals surface area (Å²) in [6.45, 7) is 0. The third-order valence-electron chi connectivity index (χ3n) is 3.01. The van der Waals surface area contributed by atoms with Gasteiger partial charge in [0, 0.05) is 17.6 Å². The van der Waals surface area contributed by atoms with Crippen molar-refractivity contribution in [1.82, 2.24) is 10.3 Å². The molecule has 2 aromatic rings. The number of aromatic nitrogens is 1. The number of hydrogen-bond acceptors (Lipinski definition) is 3. The molecule has 0 amide bonds. The maximum atomic E-state index is 4.41. The fourth-order valence-corrected chi connectivity index (χ4v) is 2.59. The Morgan fingerprint density at radius 2 is 2.18 bits per heavy atom. The molecule has 3 heteroatoms. The van der Waals surface area contributed by atoms with Crippen molar-refractivity contribution in [2.75, 3.05) is 19.1 Å². The zero-order chi connectivity index (χ0) is 12.1. The lowest BCUT2D eigenvalue weighted by molar-refractivity contribution is 0.585. The monoisotopic (exact) mass is 246 g/mol. The Kier molecular flexibility index (Phi) is 4.40. The molecule has 0 spiro atoms. The van der Waals surface area contributed by atoms with Gasteiger partial charge in [0.1, 0.15) is 0 Å². The molecule has 90 valence electrons. The van der Waals surface area contributed by atoms with Crippen molar-refractivity contribution in [2.45, 2.75) is 12.5 Å². The van der Waals surface area contributed by atoms with E-state index in [-0.39, 0.29) is 0 Å². The van der Waals surface area contributed by atoms with Crippen molar-refractivity contribution in [3.05, 3.63) is 42.1 Å². The molecule has 2 nitrogen and oxygen atoms in total. The molecule has 0 saturated carbocycles. The van der Waals surface area contributed by atoms with Gasteiger partial charge in [0.05, 0.1) is 5.52 Å². The van der Waals surface area contributed by atoms with Gasteiger partial charge in [-0.2, -0.15) is 11.8 Å². The molecule has 0 bridgehead atoms. The van der Waals surface area contributed by atoms with Gasteiger partial charge in [-0.15, -0.1) is 0 Å². The van der Waals surface area contributed by atoms with E-state index in [1.165, 1.54) is 16.7 Å². The summed E-state index contributed by atoms with van der Waals surface area (Å²) in [7, 11) is 2.03. The molecule has 1 heterocycles. The Bertz CT molecular complexity index is 479. The lowest BCUT2D eigenvalue weighted by atomic mass is 9.99. The molecular formula is C14H18N2S. The predicted molar refractivity (Wildman–Crippen MR) is 76.5 cm³/mol. The van der Waals surface area contributed by atoms with Gasteiger partial charge in [0.15, 0.2) is 0 Å². The maximum absolute atomic E-state index is 4.41. The molecule has 1 atom stereocenters. The van der Waals surface area contributed by atoms with Crippen LogP contribution in [0.4, 0.5) is 0 Å². The van der Waals surface area contributed by atoms with Crippen molar-refractivity contribution in [3.63, 3.8) is 0 Å². The first-order valence-electron chi connectivity index (χ1n) is 5.86. The van der Waals surface area contributed by atoms with E-state index in [0.717, 1.165) is 11.9 Å². The number of pyridine rings is 1. The minimum atomic E-state index is 0.412. The third-order valence-corrected chi connectivity index (χ3v) is 3.66. The lowest BCUT2D eigenvalue weighted by Gasteiger charge is -2.18. The topological polar surface area (TPSA) is 24.9 Å². The Morgan fingerprint density at radius 1 is 1.29 bits per heavy atom. The van der Waals surface area contributed by atoms with E-state index in [4.69, 9.17) is 0 Å². The first-order valence-corrected chi connectivity index (χ1v) is 7.26. The minimum Gasteiger partial charge on any atom is -0.313 e. The van der Waals surface area contributed by atoms with Crippen LogP contribution < -0.4 is 5.32 Å². The van der Waals surface area contributed by atoms with Gasteiger partial charge in [-0.1, -0.05) is 18.2 Å². The van der Waals surface area contributed by atoms with Crippen LogP contribution >= 0.6 is 11.8 Å². The molecule has 0 aliphatic rings. The summed E-state index contributed by atoms with van der Waals surface area (Å²) in [4.78, 5) is 4.41. The van der Waals surface area contributed by atoms with Gasteiger partial charge < -0.3 is 5.32 Å². The van der Waals surface area contributed by atoms with Gasteiger partial charge in [0.25, 0.3) is 0 Å². The summed E-state index contributed by atoms with van der Waals surface area (Å²) in [6, 6.07) is 10.9. The van der Waals surface area contributed by atoms with Gasteiger partial charge in [0.2, 0.25) is 0 Å². The molecule has 0 radical (unpaired) electrons. The number of benzene rings is 1. The smallest absolute Gasteiger partial charge is 0.0705 e. The largest absolute Gasteiger partial charge is 0.313 e. The molecule has 17 heavy (non-hydrogen) atoms. The van der Waals surface area contributed by atoms with Gasteiger partial charge in [-0.05, 0) is 43.2 Å². The van der Waals surface area contributed by atoms with Crippen molar-refractivity contribution >= 4 is 22.7 Å². The van der Waals surface area contributed by atoms with Crippen molar-refractivity contribution in [1.29, 1.82) is 0 Å². The predicted octanol–water partition coefficient (Wildman–Crippen LogP) is 3.25. The number of nitrogens with one attached hydrogen (secondary N) is 1. The van der Waals surface area contributed by atoms with Gasteiger partial charge in [-0.25, -0.2) is 0 Å². The second-order valence-electron chi connectivity index (χ2n) is 4.04. The van der Waals surface area contributed by atoms with Crippen molar-refractivity contribution in [3.8, 4) is 0 Å². The summed E-state index contributed by atoms with van der Waals surface area (Å²) < 4.78 is 0. The van der Waals surface area contributed by atoms with Crippen LogP contribution in [0, 0.1) is 0 Å². The van der Waals surface area contributed by atoms with Crippen LogP contribution in [0.15, 0.2) is 36.5 Å². The third kappa shape index (κ3) is 2.79. The molecule has 0 aliphatic heterocycles. The quantitative estimate of drug-likeness (QED) is 0.876. The lowest BCUT2D eigenvalue weighted by Crippen LogP contribution is -2.17. The minimum absolute atomic E-state index is 0.412. The van der Waals surface area contributed by atoms with Crippen molar-refractivity contribution < 1.29 is 0 Å². The standard InChI is InChI=1S/C14H18N2S/c1-15-13(8-10-17-2)11-5-3-7-14-12(11)6-4-9-16-14/h3-7,9,13,15H,8,10H2,1-2H3. The average molecular weight is 246 g/mol. The number of hydrogen-bond donors (Lipinski definition) is 1. The normalized spacial score (nSPS) is 12.8. The Balaban J connectivity index is 2.38. The Labute approximate surface area is 107 Å². The highest BCUT2D eigenvalue weighted by atomic mass is 32.2. The second-order valence-corrected chi connectivity index (χ2v) is 5.03. The van der Waals surface area contributed by atoms with Crippen LogP contribution in [0.1, 0.15) is 18.0 Å². The first kappa shape index (κ1) is 12.4. The van der Waals surface area contributed by atoms with E-state index in [1.807, 2.05) is 31.1 Å². The highest BCUT2D eigenvalue weighted by Crippen LogP contribution is 2.25. The highest BCUT2D eigenvalue weighted by molar-refractivity contribution is 7.98. The van der Waals surface area contributed by atoms with Gasteiger partial charge >= 0.3 is 0 Å². The van der Waals surface area contributed by atoms with E-state index in [1.54, 1.807) is 0 Å². The summed E-state index contributed by atoms with van der Waals surface area (Å²) in [5.74, 6) is 1.17. The van der Waals surface area contributed by atoms with Crippen LogP contribution in [0.3, 0.4) is 0 Å². The molecule has 1 aromatic carbocycles. The van der Waals surface area contributed by atoms with E-state index in [9.17, 15) is 0 Å². The van der Waals surface area contributed by atoms with E-state index < -0.39 is 0 Å². The van der Waals surface area contributed by atoms with E-state index in [0.29, 0.717) is 6.04 Å². The van der Waals surface area contributed by atoms with Crippen LogP contribution in [0.5, 0.6) is 0 Å². The number of nitrogens with zero attached hydrogens (tertiary/aromatic N) is 1. The Morgan fingerprint density at radius 3 is 2.94 bits per heavy atom.